The molecule has 2 aromatic rings. The third kappa shape index (κ3) is 5.17. The molecular weight excluding hydrogens is 415 g/mol. The number of sulfonamides is 1. The highest BCUT2D eigenvalue weighted by atomic mass is 32.2. The minimum absolute atomic E-state index is 0.0570. The summed E-state index contributed by atoms with van der Waals surface area (Å²) in [6, 6.07) is 10.2. The van der Waals surface area contributed by atoms with Gasteiger partial charge < -0.3 is 5.32 Å². The van der Waals surface area contributed by atoms with Crippen LogP contribution in [0.5, 0.6) is 0 Å². The fraction of sp³-hybridized carbons (Fsp3) is 0.316. The predicted octanol–water partition coefficient (Wildman–Crippen LogP) is 1.47. The van der Waals surface area contributed by atoms with E-state index in [1.54, 1.807) is 0 Å². The van der Waals surface area contributed by atoms with E-state index in [9.17, 15) is 27.7 Å². The van der Waals surface area contributed by atoms with Gasteiger partial charge in [0, 0.05) is 57.0 Å². The summed E-state index contributed by atoms with van der Waals surface area (Å²) in [6.07, 6.45) is 0. The number of nitrogens with one attached hydrogen (secondary N) is 1. The van der Waals surface area contributed by atoms with E-state index in [0.29, 0.717) is 39.3 Å². The molecule has 0 radical (unpaired) electrons. The molecule has 160 valence electrons. The number of nitro benzene ring substituents is 1. The molecule has 1 aliphatic heterocycles. The molecule has 1 amide bonds. The average molecular weight is 436 g/mol. The maximum atomic E-state index is 13.0. The minimum Gasteiger partial charge on any atom is -0.351 e. The SMILES string of the molecule is O=C(NCCN1CCN(S(=O)(=O)c2ccc(F)cc2)CC1)c1cccc([N+](=O)[O-])c1. The lowest BCUT2D eigenvalue weighted by atomic mass is 10.2. The van der Waals surface area contributed by atoms with Crippen molar-refractivity contribution in [2.75, 3.05) is 39.3 Å². The molecule has 0 saturated carbocycles. The third-order valence-corrected chi connectivity index (χ3v) is 6.73. The molecule has 11 heteroatoms. The van der Waals surface area contributed by atoms with Gasteiger partial charge in [0.25, 0.3) is 11.6 Å². The number of benzene rings is 2. The Morgan fingerprint density at radius 2 is 1.77 bits per heavy atom. The highest BCUT2D eigenvalue weighted by Gasteiger charge is 2.28. The Kier molecular flexibility index (Phi) is 6.75. The number of nitro groups is 1. The second-order valence-corrected chi connectivity index (χ2v) is 8.70. The summed E-state index contributed by atoms with van der Waals surface area (Å²) in [7, 11) is -3.67. The van der Waals surface area contributed by atoms with Crippen LogP contribution in [0, 0.1) is 15.9 Å². The Bertz CT molecular complexity index is 1020. The van der Waals surface area contributed by atoms with Gasteiger partial charge in [-0.1, -0.05) is 6.07 Å². The van der Waals surface area contributed by atoms with E-state index in [4.69, 9.17) is 0 Å². The number of rotatable bonds is 7. The van der Waals surface area contributed by atoms with Gasteiger partial charge in [-0.15, -0.1) is 0 Å². The second kappa shape index (κ2) is 9.28. The van der Waals surface area contributed by atoms with Gasteiger partial charge in [0.2, 0.25) is 10.0 Å². The summed E-state index contributed by atoms with van der Waals surface area (Å²) in [6.45, 7) is 2.41. The van der Waals surface area contributed by atoms with Crippen molar-refractivity contribution in [1.29, 1.82) is 0 Å². The van der Waals surface area contributed by atoms with Crippen molar-refractivity contribution in [3.63, 3.8) is 0 Å². The molecular formula is C19H21FN4O5S. The van der Waals surface area contributed by atoms with Crippen LogP contribution in [0.1, 0.15) is 10.4 Å². The van der Waals surface area contributed by atoms with Gasteiger partial charge in [0.05, 0.1) is 9.82 Å². The van der Waals surface area contributed by atoms with Crippen LogP contribution >= 0.6 is 0 Å². The van der Waals surface area contributed by atoms with E-state index in [1.165, 1.54) is 40.7 Å². The standard InChI is InChI=1S/C19H21FN4O5S/c20-16-4-6-18(7-5-16)30(28,29)23-12-10-22(11-13-23)9-8-21-19(25)15-2-1-3-17(14-15)24(26)27/h1-7,14H,8-13H2,(H,21,25). The number of amides is 1. The zero-order valence-corrected chi connectivity index (χ0v) is 16.8. The Morgan fingerprint density at radius 3 is 2.40 bits per heavy atom. The number of hydrogen-bond donors (Lipinski definition) is 1. The highest BCUT2D eigenvalue weighted by molar-refractivity contribution is 7.89. The number of halogens is 1. The molecule has 1 aliphatic rings. The number of hydrogen-bond acceptors (Lipinski definition) is 6. The van der Waals surface area contributed by atoms with Crippen molar-refractivity contribution < 1.29 is 22.5 Å². The summed E-state index contributed by atoms with van der Waals surface area (Å²) in [5, 5.41) is 13.5. The van der Waals surface area contributed by atoms with Gasteiger partial charge in [-0.05, 0) is 30.3 Å². The Morgan fingerprint density at radius 1 is 1.10 bits per heavy atom. The van der Waals surface area contributed by atoms with Crippen molar-refractivity contribution in [2.24, 2.45) is 0 Å². The fourth-order valence-corrected chi connectivity index (χ4v) is 4.56. The van der Waals surface area contributed by atoms with E-state index in [2.05, 4.69) is 5.32 Å². The third-order valence-electron chi connectivity index (χ3n) is 4.82. The topological polar surface area (TPSA) is 113 Å². The molecule has 0 aliphatic carbocycles. The smallest absolute Gasteiger partial charge is 0.270 e. The quantitative estimate of drug-likeness (QED) is 0.520. The fourth-order valence-electron chi connectivity index (χ4n) is 3.14. The summed E-state index contributed by atoms with van der Waals surface area (Å²) >= 11 is 0. The van der Waals surface area contributed by atoms with Crippen molar-refractivity contribution in [3.05, 3.63) is 70.0 Å². The normalized spacial score (nSPS) is 15.6. The van der Waals surface area contributed by atoms with E-state index < -0.39 is 26.7 Å². The van der Waals surface area contributed by atoms with Gasteiger partial charge in [0.15, 0.2) is 0 Å². The molecule has 1 fully saturated rings. The maximum Gasteiger partial charge on any atom is 0.270 e. The maximum absolute atomic E-state index is 13.0. The lowest BCUT2D eigenvalue weighted by Crippen LogP contribution is -2.50. The van der Waals surface area contributed by atoms with E-state index in [1.807, 2.05) is 4.90 Å². The van der Waals surface area contributed by atoms with Gasteiger partial charge >= 0.3 is 0 Å². The van der Waals surface area contributed by atoms with Crippen LogP contribution in [-0.2, 0) is 10.0 Å². The van der Waals surface area contributed by atoms with Crippen molar-refractivity contribution in [2.45, 2.75) is 4.90 Å². The van der Waals surface area contributed by atoms with Gasteiger partial charge in [-0.3, -0.25) is 19.8 Å². The molecule has 30 heavy (non-hydrogen) atoms. The van der Waals surface area contributed by atoms with Crippen molar-refractivity contribution >= 4 is 21.6 Å². The van der Waals surface area contributed by atoms with E-state index in [0.717, 1.165) is 12.1 Å². The lowest BCUT2D eigenvalue weighted by molar-refractivity contribution is -0.384. The van der Waals surface area contributed by atoms with Crippen LogP contribution in [0.4, 0.5) is 10.1 Å². The summed E-state index contributed by atoms with van der Waals surface area (Å²) < 4.78 is 39.6. The van der Waals surface area contributed by atoms with Crippen LogP contribution in [0.3, 0.4) is 0 Å². The summed E-state index contributed by atoms with van der Waals surface area (Å²) in [4.78, 5) is 24.5. The van der Waals surface area contributed by atoms with E-state index in [-0.39, 0.29) is 16.1 Å². The molecule has 3 rings (SSSR count). The zero-order valence-electron chi connectivity index (χ0n) is 16.0. The predicted molar refractivity (Wildman–Crippen MR) is 107 cm³/mol. The first kappa shape index (κ1) is 21.8. The first-order chi connectivity index (χ1) is 14.3. The molecule has 0 spiro atoms. The molecule has 2 aromatic carbocycles. The molecule has 1 saturated heterocycles. The van der Waals surface area contributed by atoms with Crippen molar-refractivity contribution in [3.8, 4) is 0 Å². The van der Waals surface area contributed by atoms with Crippen molar-refractivity contribution in [1.82, 2.24) is 14.5 Å². The number of carbonyl (C=O) groups is 1. The average Bonchev–Trinajstić information content (AvgIpc) is 2.74. The first-order valence-electron chi connectivity index (χ1n) is 9.28. The van der Waals surface area contributed by atoms with Crippen LogP contribution in [0.25, 0.3) is 0 Å². The minimum atomic E-state index is -3.67. The van der Waals surface area contributed by atoms with Crippen LogP contribution in [0.2, 0.25) is 0 Å². The van der Waals surface area contributed by atoms with Crippen LogP contribution in [-0.4, -0.2) is 67.7 Å². The van der Waals surface area contributed by atoms with Crippen LogP contribution < -0.4 is 5.32 Å². The summed E-state index contributed by atoms with van der Waals surface area (Å²) in [5.74, 6) is -0.901. The molecule has 9 nitrogen and oxygen atoms in total. The molecule has 1 heterocycles. The molecule has 0 aromatic heterocycles. The first-order valence-corrected chi connectivity index (χ1v) is 10.7. The zero-order chi connectivity index (χ0) is 21.7. The van der Waals surface area contributed by atoms with Crippen LogP contribution in [0.15, 0.2) is 53.4 Å². The molecule has 1 N–H and O–H groups in total. The number of non-ortho nitro benzene ring substituents is 1. The molecule has 0 bridgehead atoms. The van der Waals surface area contributed by atoms with Gasteiger partial charge in [-0.25, -0.2) is 12.8 Å². The number of nitrogens with zero attached hydrogens (tertiary/aromatic N) is 3. The lowest BCUT2D eigenvalue weighted by Gasteiger charge is -2.33. The monoisotopic (exact) mass is 436 g/mol. The van der Waals surface area contributed by atoms with Gasteiger partial charge in [-0.2, -0.15) is 4.31 Å². The highest BCUT2D eigenvalue weighted by Crippen LogP contribution is 2.18. The Balaban J connectivity index is 1.47. The second-order valence-electron chi connectivity index (χ2n) is 6.76. The Labute approximate surface area is 173 Å². The number of carbonyl (C=O) groups excluding carboxylic acids is 1. The Hall–Kier alpha value is -2.89. The molecule has 0 atom stereocenters. The number of piperazine rings is 1. The molecule has 0 unspecified atom stereocenters. The van der Waals surface area contributed by atoms with E-state index >= 15 is 0 Å². The van der Waals surface area contributed by atoms with Gasteiger partial charge in [0.1, 0.15) is 5.82 Å². The largest absolute Gasteiger partial charge is 0.351 e. The summed E-state index contributed by atoms with van der Waals surface area (Å²) in [5.41, 5.74) is 0.0561.